The number of ether oxygens (including phenoxy) is 1. The van der Waals surface area contributed by atoms with Crippen LogP contribution >= 0.6 is 0 Å². The van der Waals surface area contributed by atoms with E-state index >= 15 is 0 Å². The molecule has 41 heavy (non-hydrogen) atoms. The molecule has 0 bridgehead atoms. The topological polar surface area (TPSA) is 109 Å². The van der Waals surface area contributed by atoms with Crippen LogP contribution in [0.15, 0.2) is 78.9 Å². The van der Waals surface area contributed by atoms with Gasteiger partial charge < -0.3 is 19.8 Å². The molecule has 9 heteroatoms. The van der Waals surface area contributed by atoms with Gasteiger partial charge >= 0.3 is 12.1 Å². The summed E-state index contributed by atoms with van der Waals surface area (Å²) in [5.74, 6) is -0.370. The van der Waals surface area contributed by atoms with Crippen molar-refractivity contribution in [2.24, 2.45) is 0 Å². The summed E-state index contributed by atoms with van der Waals surface area (Å²) >= 11 is 0. The lowest BCUT2D eigenvalue weighted by Gasteiger charge is -2.31. The van der Waals surface area contributed by atoms with Crippen molar-refractivity contribution in [1.82, 2.24) is 15.7 Å². The number of carbonyl (C=O) groups excluding carboxylic acids is 3. The smallest absolute Gasteiger partial charge is 0.411 e. The van der Waals surface area contributed by atoms with Gasteiger partial charge in [-0.3, -0.25) is 14.9 Å². The normalized spacial score (nSPS) is 13.8. The third-order valence-electron chi connectivity index (χ3n) is 6.92. The Balaban J connectivity index is 1.13. The van der Waals surface area contributed by atoms with E-state index in [1.54, 1.807) is 0 Å². The van der Waals surface area contributed by atoms with Crippen LogP contribution in [0.4, 0.5) is 10.5 Å². The zero-order valence-electron chi connectivity index (χ0n) is 23.4. The standard InChI is InChI=1S/C32H38N4O5/c1-24(37)41-34-18-14-25-8-7-9-26(22-25)23-33-31(38)17-21-36-19-15-28(16-20-36)40-32(39)35-30-13-6-5-12-29(30)27-10-3-2-4-11-27/h2-13,22,28,34H,14-21,23H2,1H3,(H,33,38)(H,35,39). The highest BCUT2D eigenvalue weighted by Gasteiger charge is 2.23. The minimum Gasteiger partial charge on any atom is -0.446 e. The van der Waals surface area contributed by atoms with Gasteiger partial charge in [0.1, 0.15) is 6.10 Å². The number of piperidine rings is 1. The molecule has 0 aliphatic carbocycles. The first-order chi connectivity index (χ1) is 20.0. The van der Waals surface area contributed by atoms with Gasteiger partial charge in [-0.25, -0.2) is 4.79 Å². The Kier molecular flexibility index (Phi) is 11.3. The molecule has 0 aromatic heterocycles. The summed E-state index contributed by atoms with van der Waals surface area (Å²) in [5, 5.41) is 5.90. The van der Waals surface area contributed by atoms with Crippen molar-refractivity contribution in [3.63, 3.8) is 0 Å². The predicted molar refractivity (Wildman–Crippen MR) is 158 cm³/mol. The van der Waals surface area contributed by atoms with Crippen molar-refractivity contribution in [3.05, 3.63) is 90.0 Å². The summed E-state index contributed by atoms with van der Waals surface area (Å²) in [4.78, 5) is 42.9. The van der Waals surface area contributed by atoms with Crippen molar-refractivity contribution in [2.45, 2.75) is 45.3 Å². The minimum atomic E-state index is -0.448. The molecule has 9 nitrogen and oxygen atoms in total. The van der Waals surface area contributed by atoms with E-state index in [2.05, 4.69) is 21.0 Å². The number of carbonyl (C=O) groups is 3. The van der Waals surface area contributed by atoms with Gasteiger partial charge in [0.2, 0.25) is 5.91 Å². The summed E-state index contributed by atoms with van der Waals surface area (Å²) in [6.45, 7) is 4.54. The Hall–Kier alpha value is -4.21. The number of likely N-dealkylation sites (tertiary alicyclic amines) is 1. The number of hydrogen-bond donors (Lipinski definition) is 3. The van der Waals surface area contributed by atoms with Crippen LogP contribution in [0.5, 0.6) is 0 Å². The average Bonchev–Trinajstić information content (AvgIpc) is 2.99. The van der Waals surface area contributed by atoms with Crippen LogP contribution in [0.3, 0.4) is 0 Å². The van der Waals surface area contributed by atoms with Crippen molar-refractivity contribution in [1.29, 1.82) is 0 Å². The van der Waals surface area contributed by atoms with Crippen LogP contribution < -0.4 is 16.1 Å². The first kappa shape index (κ1) is 29.8. The molecule has 1 aliphatic rings. The maximum Gasteiger partial charge on any atom is 0.411 e. The van der Waals surface area contributed by atoms with Gasteiger partial charge in [0.25, 0.3) is 0 Å². The van der Waals surface area contributed by atoms with E-state index in [9.17, 15) is 14.4 Å². The lowest BCUT2D eigenvalue weighted by Crippen LogP contribution is -2.40. The number of nitrogens with one attached hydrogen (secondary N) is 3. The first-order valence-electron chi connectivity index (χ1n) is 14.1. The van der Waals surface area contributed by atoms with Gasteiger partial charge in [0, 0.05) is 51.6 Å². The molecular formula is C32H38N4O5. The van der Waals surface area contributed by atoms with Crippen LogP contribution in [-0.2, 0) is 32.1 Å². The van der Waals surface area contributed by atoms with Gasteiger partial charge in [0.05, 0.1) is 5.69 Å². The zero-order valence-corrected chi connectivity index (χ0v) is 23.4. The maximum atomic E-state index is 12.6. The first-order valence-corrected chi connectivity index (χ1v) is 14.1. The van der Waals surface area contributed by atoms with E-state index < -0.39 is 6.09 Å². The van der Waals surface area contributed by atoms with E-state index in [1.165, 1.54) is 6.92 Å². The van der Waals surface area contributed by atoms with Gasteiger partial charge in [-0.15, -0.1) is 0 Å². The molecule has 4 rings (SSSR count). The Morgan fingerprint density at radius 1 is 0.902 bits per heavy atom. The van der Waals surface area contributed by atoms with Crippen molar-refractivity contribution in [3.8, 4) is 11.1 Å². The van der Waals surface area contributed by atoms with Crippen LogP contribution in [0.2, 0.25) is 0 Å². The number of benzene rings is 3. The molecule has 0 atom stereocenters. The molecule has 3 N–H and O–H groups in total. The highest BCUT2D eigenvalue weighted by molar-refractivity contribution is 5.91. The zero-order chi connectivity index (χ0) is 28.9. The molecule has 2 amide bonds. The number of anilines is 1. The van der Waals surface area contributed by atoms with Gasteiger partial charge in [-0.05, 0) is 42.0 Å². The average molecular weight is 559 g/mol. The Labute approximate surface area is 241 Å². The molecular weight excluding hydrogens is 520 g/mol. The lowest BCUT2D eigenvalue weighted by atomic mass is 10.0. The number of hydrogen-bond acceptors (Lipinski definition) is 7. The number of nitrogens with zero attached hydrogens (tertiary/aromatic N) is 1. The largest absolute Gasteiger partial charge is 0.446 e. The fourth-order valence-electron chi connectivity index (χ4n) is 4.79. The van der Waals surface area contributed by atoms with Gasteiger partial charge in [0.15, 0.2) is 0 Å². The quantitative estimate of drug-likeness (QED) is 0.219. The van der Waals surface area contributed by atoms with E-state index in [0.29, 0.717) is 32.5 Å². The fourth-order valence-corrected chi connectivity index (χ4v) is 4.79. The second-order valence-electron chi connectivity index (χ2n) is 10.1. The van der Waals surface area contributed by atoms with Crippen LogP contribution in [0, 0.1) is 0 Å². The van der Waals surface area contributed by atoms with E-state index in [0.717, 1.165) is 53.9 Å². The molecule has 0 radical (unpaired) electrons. The van der Waals surface area contributed by atoms with Crippen LogP contribution in [0.1, 0.15) is 37.3 Å². The molecule has 0 spiro atoms. The third-order valence-corrected chi connectivity index (χ3v) is 6.92. The van der Waals surface area contributed by atoms with Crippen molar-refractivity contribution in [2.75, 3.05) is 31.5 Å². The molecule has 1 fully saturated rings. The second kappa shape index (κ2) is 15.5. The number of hydroxylamine groups is 1. The minimum absolute atomic E-state index is 0.00163. The molecule has 3 aromatic rings. The molecule has 3 aromatic carbocycles. The van der Waals surface area contributed by atoms with E-state index in [-0.39, 0.29) is 18.0 Å². The van der Waals surface area contributed by atoms with Crippen LogP contribution in [-0.4, -0.2) is 55.2 Å². The highest BCUT2D eigenvalue weighted by Crippen LogP contribution is 2.28. The highest BCUT2D eigenvalue weighted by atomic mass is 16.7. The molecule has 216 valence electrons. The molecule has 0 unspecified atom stereocenters. The number of para-hydroxylation sites is 1. The molecule has 1 saturated heterocycles. The Morgan fingerprint density at radius 2 is 1.63 bits per heavy atom. The van der Waals surface area contributed by atoms with Crippen molar-refractivity contribution >= 4 is 23.7 Å². The second-order valence-corrected chi connectivity index (χ2v) is 10.1. The monoisotopic (exact) mass is 558 g/mol. The Morgan fingerprint density at radius 3 is 2.41 bits per heavy atom. The van der Waals surface area contributed by atoms with Crippen LogP contribution in [0.25, 0.3) is 11.1 Å². The molecule has 1 heterocycles. The summed E-state index contributed by atoms with van der Waals surface area (Å²) < 4.78 is 5.72. The number of rotatable bonds is 12. The maximum absolute atomic E-state index is 12.6. The SMILES string of the molecule is CC(=O)ONCCc1cccc(CNC(=O)CCN2CCC(OC(=O)Nc3ccccc3-c3ccccc3)CC2)c1. The number of amides is 2. The summed E-state index contributed by atoms with van der Waals surface area (Å²) in [6, 6.07) is 25.6. The summed E-state index contributed by atoms with van der Waals surface area (Å²) in [6.07, 6.45) is 1.98. The Bertz CT molecular complexity index is 1290. The predicted octanol–water partition coefficient (Wildman–Crippen LogP) is 4.68. The van der Waals surface area contributed by atoms with Gasteiger partial charge in [-0.2, -0.15) is 5.48 Å². The van der Waals surface area contributed by atoms with E-state index in [1.807, 2.05) is 78.9 Å². The van der Waals surface area contributed by atoms with Gasteiger partial charge in [-0.1, -0.05) is 72.8 Å². The lowest BCUT2D eigenvalue weighted by molar-refractivity contribution is -0.148. The van der Waals surface area contributed by atoms with Crippen molar-refractivity contribution < 1.29 is 24.0 Å². The molecule has 1 aliphatic heterocycles. The van der Waals surface area contributed by atoms with E-state index in [4.69, 9.17) is 9.57 Å². The molecule has 0 saturated carbocycles. The fraction of sp³-hybridized carbons (Fsp3) is 0.344. The summed E-state index contributed by atoms with van der Waals surface area (Å²) in [7, 11) is 0. The summed E-state index contributed by atoms with van der Waals surface area (Å²) in [5.41, 5.74) is 7.43. The third kappa shape index (κ3) is 10.0.